The Morgan fingerprint density at radius 2 is 2.06 bits per heavy atom. The molecule has 0 unspecified atom stereocenters. The first-order chi connectivity index (χ1) is 7.33. The molecule has 0 bridgehead atoms. The highest BCUT2D eigenvalue weighted by molar-refractivity contribution is 9.10. The molecule has 88 valence electrons. The topological polar surface area (TPSA) is 26.3 Å². The molecule has 0 amide bonds. The van der Waals surface area contributed by atoms with Crippen LogP contribution >= 0.6 is 27.5 Å². The molecule has 0 aliphatic rings. The van der Waals surface area contributed by atoms with Crippen molar-refractivity contribution in [1.82, 2.24) is 0 Å². The number of hydrogen-bond acceptors (Lipinski definition) is 2. The zero-order valence-electron chi connectivity index (χ0n) is 9.51. The molecule has 0 heterocycles. The molecule has 4 heteroatoms. The van der Waals surface area contributed by atoms with E-state index in [-0.39, 0.29) is 5.97 Å². The first kappa shape index (κ1) is 13.5. The molecule has 2 nitrogen and oxygen atoms in total. The quantitative estimate of drug-likeness (QED) is 0.606. The largest absolute Gasteiger partial charge is 0.456 e. The van der Waals surface area contributed by atoms with Crippen molar-refractivity contribution in [3.63, 3.8) is 0 Å². The van der Waals surface area contributed by atoms with Crippen molar-refractivity contribution in [3.05, 3.63) is 33.8 Å². The Labute approximate surface area is 109 Å². The van der Waals surface area contributed by atoms with Crippen LogP contribution in [-0.2, 0) is 10.6 Å². The van der Waals surface area contributed by atoms with Crippen LogP contribution in [-0.4, -0.2) is 11.6 Å². The number of alkyl halides is 1. The van der Waals surface area contributed by atoms with Crippen LogP contribution in [0.5, 0.6) is 0 Å². The molecule has 16 heavy (non-hydrogen) atoms. The maximum Gasteiger partial charge on any atom is 0.338 e. The van der Waals surface area contributed by atoms with E-state index in [4.69, 9.17) is 16.3 Å². The van der Waals surface area contributed by atoms with Gasteiger partial charge in [0.25, 0.3) is 0 Å². The molecule has 0 saturated heterocycles. The third-order valence-corrected chi connectivity index (χ3v) is 2.89. The Balaban J connectivity index is 2.93. The summed E-state index contributed by atoms with van der Waals surface area (Å²) in [5.74, 6) is 0.0309. The monoisotopic (exact) mass is 304 g/mol. The highest BCUT2D eigenvalue weighted by Gasteiger charge is 2.18. The maximum absolute atomic E-state index is 11.8. The zero-order chi connectivity index (χ0) is 12.3. The number of carbonyl (C=O) groups is 1. The van der Waals surface area contributed by atoms with E-state index < -0.39 is 5.60 Å². The van der Waals surface area contributed by atoms with Crippen LogP contribution in [0.1, 0.15) is 36.7 Å². The third-order valence-electron chi connectivity index (χ3n) is 1.82. The van der Waals surface area contributed by atoms with Gasteiger partial charge in [0, 0.05) is 10.4 Å². The number of halogens is 2. The summed E-state index contributed by atoms with van der Waals surface area (Å²) in [6, 6.07) is 5.26. The lowest BCUT2D eigenvalue weighted by Gasteiger charge is -2.19. The van der Waals surface area contributed by atoms with E-state index in [0.29, 0.717) is 11.4 Å². The van der Waals surface area contributed by atoms with Gasteiger partial charge >= 0.3 is 5.97 Å². The van der Waals surface area contributed by atoms with Crippen molar-refractivity contribution in [2.45, 2.75) is 32.3 Å². The Bertz CT molecular complexity index is 396. The molecule has 0 saturated carbocycles. The Morgan fingerprint density at radius 3 is 2.56 bits per heavy atom. The maximum atomic E-state index is 11.8. The second kappa shape index (κ2) is 5.19. The lowest BCUT2D eigenvalue weighted by atomic mass is 10.1. The second-order valence-electron chi connectivity index (χ2n) is 4.44. The van der Waals surface area contributed by atoms with Crippen LogP contribution in [0, 0.1) is 0 Å². The lowest BCUT2D eigenvalue weighted by Crippen LogP contribution is -2.23. The van der Waals surface area contributed by atoms with Gasteiger partial charge in [-0.3, -0.25) is 0 Å². The summed E-state index contributed by atoms with van der Waals surface area (Å²) >= 11 is 9.12. The number of benzene rings is 1. The molecule has 1 rings (SSSR count). The average Bonchev–Trinajstić information content (AvgIpc) is 2.15. The molecule has 0 atom stereocenters. The molecular weight excluding hydrogens is 291 g/mol. The van der Waals surface area contributed by atoms with E-state index in [1.165, 1.54) is 0 Å². The number of hydrogen-bond donors (Lipinski definition) is 0. The summed E-state index contributed by atoms with van der Waals surface area (Å²) < 4.78 is 6.16. The fraction of sp³-hybridized carbons (Fsp3) is 0.417. The average molecular weight is 306 g/mol. The summed E-state index contributed by atoms with van der Waals surface area (Å²) in [6.07, 6.45) is 0. The van der Waals surface area contributed by atoms with E-state index in [9.17, 15) is 4.79 Å². The fourth-order valence-corrected chi connectivity index (χ4v) is 1.91. The van der Waals surface area contributed by atoms with Crippen LogP contribution in [0.15, 0.2) is 22.7 Å². The van der Waals surface area contributed by atoms with Crippen LogP contribution < -0.4 is 0 Å². The van der Waals surface area contributed by atoms with Crippen LogP contribution in [0.25, 0.3) is 0 Å². The predicted molar refractivity (Wildman–Crippen MR) is 68.9 cm³/mol. The van der Waals surface area contributed by atoms with Gasteiger partial charge in [0.15, 0.2) is 0 Å². The summed E-state index contributed by atoms with van der Waals surface area (Å²) in [5, 5.41) is 0. The number of ether oxygens (including phenoxy) is 1. The van der Waals surface area contributed by atoms with Crippen molar-refractivity contribution < 1.29 is 9.53 Å². The van der Waals surface area contributed by atoms with Crippen molar-refractivity contribution in [2.24, 2.45) is 0 Å². The van der Waals surface area contributed by atoms with Crippen molar-refractivity contribution in [3.8, 4) is 0 Å². The first-order valence-corrected chi connectivity index (χ1v) is 6.24. The minimum absolute atomic E-state index is 0.327. The molecular formula is C12H14BrClO2. The van der Waals surface area contributed by atoms with E-state index in [1.54, 1.807) is 18.2 Å². The highest BCUT2D eigenvalue weighted by atomic mass is 79.9. The zero-order valence-corrected chi connectivity index (χ0v) is 11.9. The Morgan fingerprint density at radius 1 is 1.44 bits per heavy atom. The van der Waals surface area contributed by atoms with Crippen molar-refractivity contribution in [2.75, 3.05) is 0 Å². The van der Waals surface area contributed by atoms with Crippen LogP contribution in [0.4, 0.5) is 0 Å². The van der Waals surface area contributed by atoms with Crippen molar-refractivity contribution in [1.29, 1.82) is 0 Å². The summed E-state index contributed by atoms with van der Waals surface area (Å²) in [5.41, 5.74) is 0.921. The summed E-state index contributed by atoms with van der Waals surface area (Å²) in [4.78, 5) is 11.8. The van der Waals surface area contributed by atoms with Gasteiger partial charge in [0.05, 0.1) is 5.56 Å². The number of esters is 1. The Hall–Kier alpha value is -0.540. The molecule has 1 aromatic carbocycles. The number of carbonyl (C=O) groups excluding carboxylic acids is 1. The van der Waals surface area contributed by atoms with E-state index in [2.05, 4.69) is 15.9 Å². The van der Waals surface area contributed by atoms with Gasteiger partial charge in [0.2, 0.25) is 0 Å². The molecule has 0 aliphatic heterocycles. The van der Waals surface area contributed by atoms with E-state index >= 15 is 0 Å². The Kier molecular flexibility index (Phi) is 4.39. The minimum Gasteiger partial charge on any atom is -0.456 e. The van der Waals surface area contributed by atoms with Gasteiger partial charge in [-0.25, -0.2) is 4.79 Å². The van der Waals surface area contributed by atoms with Gasteiger partial charge in [-0.15, -0.1) is 11.6 Å². The standard InChI is InChI=1S/C12H14BrClO2/c1-12(2,3)16-11(15)8-4-5-10(13)9(6-8)7-14/h4-6H,7H2,1-3H3. The van der Waals surface area contributed by atoms with E-state index in [1.807, 2.05) is 20.8 Å². The predicted octanol–water partition coefficient (Wildman–Crippen LogP) is 4.14. The van der Waals surface area contributed by atoms with Crippen LogP contribution in [0.3, 0.4) is 0 Å². The molecule has 0 aromatic heterocycles. The minimum atomic E-state index is -0.481. The van der Waals surface area contributed by atoms with Gasteiger partial charge in [0.1, 0.15) is 5.60 Å². The van der Waals surface area contributed by atoms with Gasteiger partial charge in [-0.2, -0.15) is 0 Å². The van der Waals surface area contributed by atoms with Gasteiger partial charge in [-0.1, -0.05) is 15.9 Å². The lowest BCUT2D eigenvalue weighted by molar-refractivity contribution is 0.00694. The van der Waals surface area contributed by atoms with Gasteiger partial charge in [-0.05, 0) is 44.5 Å². The normalized spacial score (nSPS) is 11.3. The molecule has 0 fully saturated rings. The van der Waals surface area contributed by atoms with E-state index in [0.717, 1.165) is 10.0 Å². The smallest absolute Gasteiger partial charge is 0.338 e. The molecule has 0 aliphatic carbocycles. The SMILES string of the molecule is CC(C)(C)OC(=O)c1ccc(Br)c(CCl)c1. The molecule has 0 N–H and O–H groups in total. The molecule has 1 aromatic rings. The number of rotatable bonds is 2. The summed E-state index contributed by atoms with van der Waals surface area (Å²) in [6.45, 7) is 5.52. The molecule has 0 spiro atoms. The van der Waals surface area contributed by atoms with Crippen molar-refractivity contribution >= 4 is 33.5 Å². The highest BCUT2D eigenvalue weighted by Crippen LogP contribution is 2.21. The second-order valence-corrected chi connectivity index (χ2v) is 5.56. The van der Waals surface area contributed by atoms with Crippen LogP contribution in [0.2, 0.25) is 0 Å². The third kappa shape index (κ3) is 3.80. The fourth-order valence-electron chi connectivity index (χ4n) is 1.14. The molecule has 0 radical (unpaired) electrons. The summed E-state index contributed by atoms with van der Waals surface area (Å²) in [7, 11) is 0. The van der Waals surface area contributed by atoms with Gasteiger partial charge < -0.3 is 4.74 Å². The first-order valence-electron chi connectivity index (χ1n) is 4.91.